The van der Waals surface area contributed by atoms with Crippen LogP contribution in [0.4, 0.5) is 5.69 Å². The maximum absolute atomic E-state index is 12.7. The normalized spacial score (nSPS) is 28.9. The Morgan fingerprint density at radius 1 is 1.10 bits per heavy atom. The molecule has 0 N–H and O–H groups in total. The number of anilines is 1. The fourth-order valence-electron chi connectivity index (χ4n) is 3.53. The highest BCUT2D eigenvalue weighted by Crippen LogP contribution is 2.41. The van der Waals surface area contributed by atoms with Crippen molar-refractivity contribution in [1.82, 2.24) is 0 Å². The maximum Gasteiger partial charge on any atom is 0.238 e. The highest BCUT2D eigenvalue weighted by molar-refractivity contribution is 6.23. The van der Waals surface area contributed by atoms with E-state index in [0.717, 1.165) is 16.8 Å². The summed E-state index contributed by atoms with van der Waals surface area (Å²) in [4.78, 5) is 26.8. The van der Waals surface area contributed by atoms with Crippen LogP contribution in [0.5, 0.6) is 0 Å². The molecule has 1 aliphatic heterocycles. The largest absolute Gasteiger partial charge is 0.274 e. The molecule has 1 aromatic carbocycles. The standard InChI is InChI=1S/C17H19NO2/c1-10-6-5-9-13-14(10)17(20)18(16(13)19)15-11(2)7-4-8-12(15)3/h4-8,10,13-14H,9H2,1-3H3/t10-,13-,14-/m0/s1. The highest BCUT2D eigenvalue weighted by atomic mass is 16.2. The third kappa shape index (κ3) is 1.73. The van der Waals surface area contributed by atoms with Gasteiger partial charge in [-0.05, 0) is 37.3 Å². The molecule has 3 heteroatoms. The number of hydrogen-bond acceptors (Lipinski definition) is 2. The minimum atomic E-state index is -0.188. The Morgan fingerprint density at radius 2 is 1.75 bits per heavy atom. The molecule has 1 saturated heterocycles. The van der Waals surface area contributed by atoms with Gasteiger partial charge in [0.2, 0.25) is 11.8 Å². The molecular weight excluding hydrogens is 250 g/mol. The first-order chi connectivity index (χ1) is 9.52. The molecule has 0 spiro atoms. The average Bonchev–Trinajstić information content (AvgIpc) is 2.65. The van der Waals surface area contributed by atoms with E-state index in [0.29, 0.717) is 6.42 Å². The molecule has 1 heterocycles. The van der Waals surface area contributed by atoms with Gasteiger partial charge >= 0.3 is 0 Å². The highest BCUT2D eigenvalue weighted by Gasteiger charge is 2.50. The van der Waals surface area contributed by atoms with Gasteiger partial charge in [-0.15, -0.1) is 0 Å². The van der Waals surface area contributed by atoms with Gasteiger partial charge in [0.25, 0.3) is 0 Å². The molecule has 3 atom stereocenters. The summed E-state index contributed by atoms with van der Waals surface area (Å²) >= 11 is 0. The first-order valence-corrected chi connectivity index (χ1v) is 7.13. The van der Waals surface area contributed by atoms with Crippen molar-refractivity contribution in [2.75, 3.05) is 4.90 Å². The van der Waals surface area contributed by atoms with Crippen molar-refractivity contribution in [2.24, 2.45) is 17.8 Å². The maximum atomic E-state index is 12.7. The summed E-state index contributed by atoms with van der Waals surface area (Å²) in [6.07, 6.45) is 4.77. The van der Waals surface area contributed by atoms with Crippen molar-refractivity contribution < 1.29 is 9.59 Å². The minimum absolute atomic E-state index is 0.0331. The predicted octanol–water partition coefficient (Wildman–Crippen LogP) is 3.01. The van der Waals surface area contributed by atoms with Gasteiger partial charge in [-0.25, -0.2) is 4.90 Å². The van der Waals surface area contributed by atoms with E-state index in [4.69, 9.17) is 0 Å². The second-order valence-electron chi connectivity index (χ2n) is 5.91. The summed E-state index contributed by atoms with van der Waals surface area (Å²) in [7, 11) is 0. The van der Waals surface area contributed by atoms with Crippen LogP contribution in [-0.2, 0) is 9.59 Å². The molecular formula is C17H19NO2. The van der Waals surface area contributed by atoms with Gasteiger partial charge < -0.3 is 0 Å². The first-order valence-electron chi connectivity index (χ1n) is 7.13. The van der Waals surface area contributed by atoms with Gasteiger partial charge in [0, 0.05) is 0 Å². The Bertz CT molecular complexity index is 597. The Labute approximate surface area is 119 Å². The molecule has 1 fully saturated rings. The number of imide groups is 1. The summed E-state index contributed by atoms with van der Waals surface area (Å²) in [5, 5.41) is 0. The van der Waals surface area contributed by atoms with Crippen molar-refractivity contribution in [1.29, 1.82) is 0 Å². The molecule has 1 aliphatic carbocycles. The number of benzene rings is 1. The lowest BCUT2D eigenvalue weighted by molar-refractivity contribution is -0.122. The molecule has 20 heavy (non-hydrogen) atoms. The third-order valence-corrected chi connectivity index (χ3v) is 4.54. The molecule has 0 saturated carbocycles. The Hall–Kier alpha value is -1.90. The van der Waals surface area contributed by atoms with Crippen LogP contribution in [0.3, 0.4) is 0 Å². The van der Waals surface area contributed by atoms with Gasteiger partial charge in [-0.3, -0.25) is 9.59 Å². The lowest BCUT2D eigenvalue weighted by atomic mass is 9.78. The van der Waals surface area contributed by atoms with Crippen LogP contribution in [-0.4, -0.2) is 11.8 Å². The molecule has 0 radical (unpaired) electrons. The zero-order valence-corrected chi connectivity index (χ0v) is 12.1. The number of carbonyl (C=O) groups excluding carboxylic acids is 2. The van der Waals surface area contributed by atoms with Crippen molar-refractivity contribution >= 4 is 17.5 Å². The Balaban J connectivity index is 2.08. The number of aryl methyl sites for hydroxylation is 2. The number of rotatable bonds is 1. The van der Waals surface area contributed by atoms with Gasteiger partial charge in [0.1, 0.15) is 0 Å². The summed E-state index contributed by atoms with van der Waals surface area (Å²) in [6.45, 7) is 5.92. The quantitative estimate of drug-likeness (QED) is 0.580. The number of nitrogens with zero attached hydrogens (tertiary/aromatic N) is 1. The van der Waals surface area contributed by atoms with Crippen LogP contribution in [0.1, 0.15) is 24.5 Å². The van der Waals surface area contributed by atoms with Gasteiger partial charge in [0.05, 0.1) is 17.5 Å². The number of carbonyl (C=O) groups is 2. The third-order valence-electron chi connectivity index (χ3n) is 4.54. The van der Waals surface area contributed by atoms with E-state index < -0.39 is 0 Å². The van der Waals surface area contributed by atoms with E-state index in [2.05, 4.69) is 6.08 Å². The van der Waals surface area contributed by atoms with E-state index in [1.165, 1.54) is 4.90 Å². The van der Waals surface area contributed by atoms with Crippen LogP contribution in [0.25, 0.3) is 0 Å². The molecule has 0 bridgehead atoms. The van der Waals surface area contributed by atoms with Crippen molar-refractivity contribution in [2.45, 2.75) is 27.2 Å². The topological polar surface area (TPSA) is 37.4 Å². The Morgan fingerprint density at radius 3 is 2.35 bits per heavy atom. The smallest absolute Gasteiger partial charge is 0.238 e. The fraction of sp³-hybridized carbons (Fsp3) is 0.412. The molecule has 1 aromatic rings. The van der Waals surface area contributed by atoms with Crippen LogP contribution >= 0.6 is 0 Å². The minimum Gasteiger partial charge on any atom is -0.274 e. The van der Waals surface area contributed by atoms with Crippen molar-refractivity contribution in [3.05, 3.63) is 41.5 Å². The van der Waals surface area contributed by atoms with Gasteiger partial charge in [-0.2, -0.15) is 0 Å². The van der Waals surface area contributed by atoms with Crippen LogP contribution in [0.15, 0.2) is 30.4 Å². The lowest BCUT2D eigenvalue weighted by Gasteiger charge is -2.22. The predicted molar refractivity (Wildman–Crippen MR) is 78.3 cm³/mol. The van der Waals surface area contributed by atoms with Crippen LogP contribution < -0.4 is 4.90 Å². The molecule has 0 aromatic heterocycles. The Kier molecular flexibility index (Phi) is 3.00. The number of hydrogen-bond donors (Lipinski definition) is 0. The van der Waals surface area contributed by atoms with Crippen molar-refractivity contribution in [3.63, 3.8) is 0 Å². The van der Waals surface area contributed by atoms with Crippen LogP contribution in [0.2, 0.25) is 0 Å². The van der Waals surface area contributed by atoms with E-state index in [-0.39, 0.29) is 29.6 Å². The average molecular weight is 269 g/mol. The zero-order chi connectivity index (χ0) is 14.4. The van der Waals surface area contributed by atoms with Crippen LogP contribution in [0, 0.1) is 31.6 Å². The molecule has 104 valence electrons. The molecule has 0 unspecified atom stereocenters. The molecule has 3 rings (SSSR count). The summed E-state index contributed by atoms with van der Waals surface area (Å²) < 4.78 is 0. The van der Waals surface area contributed by atoms with Gasteiger partial charge in [0.15, 0.2) is 0 Å². The number of fused-ring (bicyclic) bond motifs is 1. The van der Waals surface area contributed by atoms with E-state index in [1.54, 1.807) is 0 Å². The lowest BCUT2D eigenvalue weighted by Crippen LogP contribution is -2.32. The summed E-state index contributed by atoms with van der Waals surface area (Å²) in [5.41, 5.74) is 2.74. The monoisotopic (exact) mass is 269 g/mol. The first kappa shape index (κ1) is 13.1. The SMILES string of the molecule is Cc1cccc(C)c1N1C(=O)[C@@H]2[C@H](CC=C[C@@H]2C)C1=O. The van der Waals surface area contributed by atoms with E-state index >= 15 is 0 Å². The summed E-state index contributed by atoms with van der Waals surface area (Å²) in [5.74, 6) is -0.296. The fourth-order valence-corrected chi connectivity index (χ4v) is 3.53. The van der Waals surface area contributed by atoms with Gasteiger partial charge in [-0.1, -0.05) is 37.3 Å². The summed E-state index contributed by atoms with van der Waals surface area (Å²) in [6, 6.07) is 5.86. The van der Waals surface area contributed by atoms with E-state index in [9.17, 15) is 9.59 Å². The van der Waals surface area contributed by atoms with Crippen molar-refractivity contribution in [3.8, 4) is 0 Å². The van der Waals surface area contributed by atoms with E-state index in [1.807, 2.05) is 45.0 Å². The zero-order valence-electron chi connectivity index (χ0n) is 12.1. The number of amides is 2. The molecule has 2 amide bonds. The number of allylic oxidation sites excluding steroid dienone is 2. The molecule has 3 nitrogen and oxygen atoms in total. The molecule has 2 aliphatic rings. The second kappa shape index (κ2) is 4.58. The number of para-hydroxylation sites is 1. The second-order valence-corrected chi connectivity index (χ2v) is 5.91.